The van der Waals surface area contributed by atoms with Crippen molar-refractivity contribution in [3.05, 3.63) is 65.2 Å². The van der Waals surface area contributed by atoms with Crippen molar-refractivity contribution in [2.75, 3.05) is 0 Å². The summed E-state index contributed by atoms with van der Waals surface area (Å²) in [5.41, 5.74) is 6.73. The average Bonchev–Trinajstić information content (AvgIpc) is 2.98. The lowest BCUT2D eigenvalue weighted by Crippen LogP contribution is -1.93. The van der Waals surface area contributed by atoms with Crippen LogP contribution >= 0.6 is 0 Å². The second kappa shape index (κ2) is 4.30. The van der Waals surface area contributed by atoms with E-state index in [1.54, 1.807) is 0 Å². The summed E-state index contributed by atoms with van der Waals surface area (Å²) in [6, 6.07) is 17.7. The minimum atomic E-state index is 1.05. The van der Waals surface area contributed by atoms with Crippen LogP contribution in [0.2, 0.25) is 0 Å². The first kappa shape index (κ1) is 12.2. The van der Waals surface area contributed by atoms with Gasteiger partial charge in [-0.3, -0.25) is 0 Å². The molecule has 3 aromatic carbocycles. The molecule has 1 aliphatic carbocycles. The third kappa shape index (κ3) is 1.46. The third-order valence-electron chi connectivity index (χ3n) is 5.10. The second-order valence-electron chi connectivity index (χ2n) is 6.23. The van der Waals surface area contributed by atoms with Gasteiger partial charge in [0.05, 0.1) is 11.0 Å². The number of hydrogen-bond donors (Lipinski definition) is 0. The van der Waals surface area contributed by atoms with Crippen LogP contribution in [0, 0.1) is 0 Å². The molecule has 0 N–H and O–H groups in total. The number of nitrogens with zero attached hydrogens (tertiary/aromatic N) is 1. The molecule has 0 aliphatic heterocycles. The van der Waals surface area contributed by atoms with Gasteiger partial charge in [0.15, 0.2) is 0 Å². The van der Waals surface area contributed by atoms with E-state index in [1.807, 2.05) is 0 Å². The highest BCUT2D eigenvalue weighted by atomic mass is 14.7. The van der Waals surface area contributed by atoms with Gasteiger partial charge in [-0.05, 0) is 53.5 Å². The van der Waals surface area contributed by atoms with Crippen LogP contribution in [0.15, 0.2) is 48.5 Å². The van der Waals surface area contributed by atoms with Crippen molar-refractivity contribution < 1.29 is 0 Å². The Morgan fingerprint density at radius 3 is 2.59 bits per heavy atom. The maximum absolute atomic E-state index is 5.02. The van der Waals surface area contributed by atoms with Crippen LogP contribution in [-0.4, -0.2) is 4.98 Å². The normalized spacial score (nSPS) is 13.5. The highest BCUT2D eigenvalue weighted by Crippen LogP contribution is 2.38. The topological polar surface area (TPSA) is 12.9 Å². The molecule has 0 amide bonds. The first-order valence-corrected chi connectivity index (χ1v) is 8.11. The molecule has 0 radical (unpaired) electrons. The summed E-state index contributed by atoms with van der Waals surface area (Å²) in [7, 11) is 0. The quantitative estimate of drug-likeness (QED) is 0.345. The van der Waals surface area contributed by atoms with Gasteiger partial charge in [0.1, 0.15) is 0 Å². The molecule has 0 saturated heterocycles. The van der Waals surface area contributed by atoms with Gasteiger partial charge in [-0.1, -0.05) is 43.3 Å². The number of pyridine rings is 1. The van der Waals surface area contributed by atoms with Gasteiger partial charge in [-0.25, -0.2) is 4.98 Å². The maximum Gasteiger partial charge on any atom is 0.0791 e. The highest BCUT2D eigenvalue weighted by Gasteiger charge is 2.18. The van der Waals surface area contributed by atoms with E-state index in [4.69, 9.17) is 4.98 Å². The molecule has 1 aromatic heterocycles. The van der Waals surface area contributed by atoms with Crippen LogP contribution in [0.25, 0.3) is 32.6 Å². The van der Waals surface area contributed by atoms with Crippen LogP contribution in [-0.2, 0) is 19.3 Å². The smallest absolute Gasteiger partial charge is 0.0791 e. The van der Waals surface area contributed by atoms with Crippen LogP contribution in [0.3, 0.4) is 0 Å². The molecule has 5 rings (SSSR count). The molecule has 0 unspecified atom stereocenters. The minimum absolute atomic E-state index is 1.05. The fourth-order valence-corrected chi connectivity index (χ4v) is 4.13. The average molecular weight is 283 g/mol. The number of hydrogen-bond acceptors (Lipinski definition) is 1. The fourth-order valence-electron chi connectivity index (χ4n) is 4.13. The number of rotatable bonds is 1. The summed E-state index contributed by atoms with van der Waals surface area (Å²) < 4.78 is 0. The molecule has 1 heterocycles. The Balaban J connectivity index is 2.09. The van der Waals surface area contributed by atoms with Gasteiger partial charge in [0.2, 0.25) is 0 Å². The van der Waals surface area contributed by atoms with Crippen molar-refractivity contribution >= 4 is 32.6 Å². The Morgan fingerprint density at radius 2 is 1.68 bits per heavy atom. The predicted molar refractivity (Wildman–Crippen MR) is 93.5 cm³/mol. The summed E-state index contributed by atoms with van der Waals surface area (Å²) in [6.45, 7) is 2.25. The molecular weight excluding hydrogens is 266 g/mol. The monoisotopic (exact) mass is 283 g/mol. The van der Waals surface area contributed by atoms with Gasteiger partial charge < -0.3 is 0 Å². The molecule has 0 fully saturated rings. The first-order chi connectivity index (χ1) is 10.9. The Labute approximate surface area is 129 Å². The van der Waals surface area contributed by atoms with Gasteiger partial charge in [-0.15, -0.1) is 0 Å². The van der Waals surface area contributed by atoms with Gasteiger partial charge in [-0.2, -0.15) is 0 Å². The van der Waals surface area contributed by atoms with Gasteiger partial charge in [0.25, 0.3) is 0 Å². The lowest BCUT2D eigenvalue weighted by Gasteiger charge is -2.12. The van der Waals surface area contributed by atoms with E-state index in [0.29, 0.717) is 0 Å². The summed E-state index contributed by atoms with van der Waals surface area (Å²) in [6.07, 6.45) is 3.38. The summed E-state index contributed by atoms with van der Waals surface area (Å²) in [5.74, 6) is 0. The van der Waals surface area contributed by atoms with Gasteiger partial charge in [0, 0.05) is 16.2 Å². The number of aromatic nitrogens is 1. The van der Waals surface area contributed by atoms with E-state index in [-0.39, 0.29) is 0 Å². The number of fused-ring (bicyclic) bond motifs is 3. The molecule has 0 bridgehead atoms. The van der Waals surface area contributed by atoms with E-state index in [2.05, 4.69) is 55.5 Å². The van der Waals surface area contributed by atoms with E-state index in [0.717, 1.165) is 11.9 Å². The standard InChI is InChI=1S/C21H17N/c1-2-15-16-7-3-4-9-19(16)22-21-17-8-5-6-13-10-11-14(20(13)17)12-18(15)21/h3-9,12H,2,10-11H2,1H3. The van der Waals surface area contributed by atoms with Crippen molar-refractivity contribution in [2.24, 2.45) is 0 Å². The molecule has 0 spiro atoms. The molecule has 106 valence electrons. The first-order valence-electron chi connectivity index (χ1n) is 8.11. The number of aryl methyl sites for hydroxylation is 3. The zero-order chi connectivity index (χ0) is 14.7. The highest BCUT2D eigenvalue weighted by molar-refractivity contribution is 6.13. The van der Waals surface area contributed by atoms with Crippen LogP contribution in [0.5, 0.6) is 0 Å². The zero-order valence-electron chi connectivity index (χ0n) is 12.7. The van der Waals surface area contributed by atoms with E-state index >= 15 is 0 Å². The summed E-state index contributed by atoms with van der Waals surface area (Å²) in [4.78, 5) is 5.02. The summed E-state index contributed by atoms with van der Waals surface area (Å²) in [5, 5.41) is 5.45. The van der Waals surface area contributed by atoms with Crippen LogP contribution in [0.4, 0.5) is 0 Å². The molecule has 1 aliphatic rings. The molecule has 0 atom stereocenters. The van der Waals surface area contributed by atoms with Crippen molar-refractivity contribution in [1.29, 1.82) is 0 Å². The third-order valence-corrected chi connectivity index (χ3v) is 5.10. The maximum atomic E-state index is 5.02. The van der Waals surface area contributed by atoms with Crippen molar-refractivity contribution in [2.45, 2.75) is 26.2 Å². The predicted octanol–water partition coefficient (Wildman–Crippen LogP) is 5.20. The number of para-hydroxylation sites is 1. The Hall–Kier alpha value is -2.41. The zero-order valence-corrected chi connectivity index (χ0v) is 12.7. The van der Waals surface area contributed by atoms with Crippen molar-refractivity contribution in [3.63, 3.8) is 0 Å². The lowest BCUT2D eigenvalue weighted by molar-refractivity contribution is 1.02. The summed E-state index contributed by atoms with van der Waals surface area (Å²) >= 11 is 0. The second-order valence-corrected chi connectivity index (χ2v) is 6.23. The Kier molecular flexibility index (Phi) is 2.38. The molecular formula is C21H17N. The fraction of sp³-hybridized carbons (Fsp3) is 0.190. The number of benzene rings is 3. The van der Waals surface area contributed by atoms with Crippen LogP contribution in [0.1, 0.15) is 23.6 Å². The largest absolute Gasteiger partial charge is 0.247 e. The van der Waals surface area contributed by atoms with Crippen molar-refractivity contribution in [1.82, 2.24) is 4.98 Å². The SMILES string of the molecule is CCc1c2ccccc2nc2c1cc1c3c(cccc32)CC1. The molecule has 1 heteroatoms. The molecule has 1 nitrogen and oxygen atoms in total. The van der Waals surface area contributed by atoms with E-state index in [1.165, 1.54) is 56.6 Å². The lowest BCUT2D eigenvalue weighted by atomic mass is 9.95. The Morgan fingerprint density at radius 1 is 0.864 bits per heavy atom. The van der Waals surface area contributed by atoms with E-state index < -0.39 is 0 Å². The van der Waals surface area contributed by atoms with Crippen molar-refractivity contribution in [3.8, 4) is 0 Å². The van der Waals surface area contributed by atoms with E-state index in [9.17, 15) is 0 Å². The molecule has 0 saturated carbocycles. The van der Waals surface area contributed by atoms with Gasteiger partial charge >= 0.3 is 0 Å². The van der Waals surface area contributed by atoms with Crippen LogP contribution < -0.4 is 0 Å². The molecule has 4 aromatic rings. The Bertz CT molecular complexity index is 1060. The molecule has 22 heavy (non-hydrogen) atoms. The minimum Gasteiger partial charge on any atom is -0.247 e.